The third-order valence-electron chi connectivity index (χ3n) is 4.86. The highest BCUT2D eigenvalue weighted by Gasteiger charge is 2.23. The lowest BCUT2D eigenvalue weighted by Crippen LogP contribution is -2.35. The molecular weight excluding hydrogens is 374 g/mol. The van der Waals surface area contributed by atoms with Crippen molar-refractivity contribution in [2.24, 2.45) is 0 Å². The quantitative estimate of drug-likeness (QED) is 0.553. The summed E-state index contributed by atoms with van der Waals surface area (Å²) in [6.07, 6.45) is 7.35. The Bertz CT molecular complexity index is 1150. The first kappa shape index (κ1) is 17.0. The molecule has 1 aliphatic heterocycles. The SMILES string of the molecule is O=c1[nH]c(-c2cncnc2)nc2c1CN(Cc1cn[nH]c1-c1cccs1)CC2. The molecule has 1 aliphatic rings. The normalized spacial score (nSPS) is 14.1. The second kappa shape index (κ2) is 7.10. The van der Waals surface area contributed by atoms with Crippen LogP contribution in [0.25, 0.3) is 22.0 Å². The number of aromatic amines is 2. The number of nitrogens with one attached hydrogen (secondary N) is 2. The van der Waals surface area contributed by atoms with Gasteiger partial charge in [0.05, 0.1) is 33.6 Å². The second-order valence-corrected chi connectivity index (χ2v) is 7.62. The summed E-state index contributed by atoms with van der Waals surface area (Å²) in [6.45, 7) is 2.14. The molecule has 0 atom stereocenters. The van der Waals surface area contributed by atoms with Crippen LogP contribution in [0.2, 0.25) is 0 Å². The van der Waals surface area contributed by atoms with E-state index < -0.39 is 0 Å². The molecule has 0 amide bonds. The van der Waals surface area contributed by atoms with Crippen LogP contribution in [0, 0.1) is 0 Å². The first-order chi connectivity index (χ1) is 13.8. The molecule has 9 heteroatoms. The maximum atomic E-state index is 12.7. The van der Waals surface area contributed by atoms with Crippen LogP contribution in [0.1, 0.15) is 16.8 Å². The Morgan fingerprint density at radius 3 is 2.93 bits per heavy atom. The molecule has 0 bridgehead atoms. The van der Waals surface area contributed by atoms with E-state index in [0.29, 0.717) is 17.9 Å². The number of aromatic nitrogens is 6. The highest BCUT2D eigenvalue weighted by molar-refractivity contribution is 7.13. The molecule has 2 N–H and O–H groups in total. The van der Waals surface area contributed by atoms with E-state index in [-0.39, 0.29) is 5.56 Å². The van der Waals surface area contributed by atoms with Gasteiger partial charge in [0.15, 0.2) is 0 Å². The van der Waals surface area contributed by atoms with E-state index in [0.717, 1.165) is 42.0 Å². The van der Waals surface area contributed by atoms with Crippen LogP contribution in [0.5, 0.6) is 0 Å². The predicted molar refractivity (Wildman–Crippen MR) is 106 cm³/mol. The van der Waals surface area contributed by atoms with Crippen LogP contribution in [-0.2, 0) is 19.5 Å². The maximum absolute atomic E-state index is 12.7. The van der Waals surface area contributed by atoms with Gasteiger partial charge < -0.3 is 4.98 Å². The third-order valence-corrected chi connectivity index (χ3v) is 5.75. The average Bonchev–Trinajstić information content (AvgIpc) is 3.40. The molecule has 4 aromatic rings. The summed E-state index contributed by atoms with van der Waals surface area (Å²) in [5, 5.41) is 9.36. The number of rotatable bonds is 4. The molecular formula is C19H17N7OS. The van der Waals surface area contributed by atoms with Gasteiger partial charge in [0.1, 0.15) is 12.2 Å². The van der Waals surface area contributed by atoms with Crippen LogP contribution in [0.3, 0.4) is 0 Å². The molecule has 0 radical (unpaired) electrons. The molecule has 28 heavy (non-hydrogen) atoms. The predicted octanol–water partition coefficient (Wildman–Crippen LogP) is 2.24. The molecule has 140 valence electrons. The lowest BCUT2D eigenvalue weighted by atomic mass is 10.1. The number of nitrogens with zero attached hydrogens (tertiary/aromatic N) is 5. The fraction of sp³-hybridized carbons (Fsp3) is 0.211. The molecule has 5 heterocycles. The summed E-state index contributed by atoms with van der Waals surface area (Å²) in [5.41, 5.74) is 4.38. The summed E-state index contributed by atoms with van der Waals surface area (Å²) in [6, 6.07) is 4.11. The maximum Gasteiger partial charge on any atom is 0.255 e. The number of hydrogen-bond donors (Lipinski definition) is 2. The molecule has 0 aliphatic carbocycles. The first-order valence-electron chi connectivity index (χ1n) is 8.94. The Morgan fingerprint density at radius 1 is 1.21 bits per heavy atom. The van der Waals surface area contributed by atoms with Gasteiger partial charge in [-0.05, 0) is 11.4 Å². The molecule has 0 saturated heterocycles. The van der Waals surface area contributed by atoms with Crippen molar-refractivity contribution in [3.05, 3.63) is 69.6 Å². The summed E-state index contributed by atoms with van der Waals surface area (Å²) in [7, 11) is 0. The van der Waals surface area contributed by atoms with E-state index in [9.17, 15) is 4.79 Å². The highest BCUT2D eigenvalue weighted by Crippen LogP contribution is 2.27. The summed E-state index contributed by atoms with van der Waals surface area (Å²) < 4.78 is 0. The minimum absolute atomic E-state index is 0.0979. The number of fused-ring (bicyclic) bond motifs is 1. The molecule has 0 saturated carbocycles. The van der Waals surface area contributed by atoms with Crippen molar-refractivity contribution < 1.29 is 0 Å². The fourth-order valence-corrected chi connectivity index (χ4v) is 4.24. The standard InChI is InChI=1S/C19H17N7OS/c27-19-14-10-26(9-13-8-22-25-17(13)16-2-1-5-28-16)4-3-15(14)23-18(24-19)12-6-20-11-21-7-12/h1-2,5-8,11H,3-4,9-10H2,(H,22,25)(H,23,24,27). The molecule has 0 aromatic carbocycles. The molecule has 0 spiro atoms. The Balaban J connectivity index is 1.39. The van der Waals surface area contributed by atoms with Gasteiger partial charge in [-0.25, -0.2) is 15.0 Å². The monoisotopic (exact) mass is 391 g/mol. The zero-order chi connectivity index (χ0) is 18.9. The van der Waals surface area contributed by atoms with Gasteiger partial charge in [0.25, 0.3) is 5.56 Å². The number of thiophene rings is 1. The smallest absolute Gasteiger partial charge is 0.255 e. The highest BCUT2D eigenvalue weighted by atomic mass is 32.1. The summed E-state index contributed by atoms with van der Waals surface area (Å²) in [4.78, 5) is 31.6. The average molecular weight is 391 g/mol. The van der Waals surface area contributed by atoms with Crippen LogP contribution in [0.15, 0.2) is 47.2 Å². The van der Waals surface area contributed by atoms with Gasteiger partial charge in [-0.2, -0.15) is 5.10 Å². The Hall–Kier alpha value is -3.17. The van der Waals surface area contributed by atoms with Gasteiger partial charge in [-0.3, -0.25) is 14.8 Å². The van der Waals surface area contributed by atoms with Gasteiger partial charge in [-0.15, -0.1) is 11.3 Å². The van der Waals surface area contributed by atoms with Crippen LogP contribution < -0.4 is 5.56 Å². The van der Waals surface area contributed by atoms with E-state index in [1.807, 2.05) is 12.3 Å². The first-order valence-corrected chi connectivity index (χ1v) is 9.82. The van der Waals surface area contributed by atoms with E-state index in [4.69, 9.17) is 0 Å². The van der Waals surface area contributed by atoms with E-state index in [1.165, 1.54) is 11.2 Å². The van der Waals surface area contributed by atoms with Crippen molar-refractivity contribution in [3.63, 3.8) is 0 Å². The molecule has 0 unspecified atom stereocenters. The Kier molecular flexibility index (Phi) is 4.30. The fourth-order valence-electron chi connectivity index (χ4n) is 3.48. The molecule has 5 rings (SSSR count). The van der Waals surface area contributed by atoms with Gasteiger partial charge in [-0.1, -0.05) is 6.07 Å². The third kappa shape index (κ3) is 3.14. The lowest BCUT2D eigenvalue weighted by Gasteiger charge is -2.27. The van der Waals surface area contributed by atoms with Crippen molar-refractivity contribution in [2.45, 2.75) is 19.5 Å². The second-order valence-electron chi connectivity index (χ2n) is 6.68. The van der Waals surface area contributed by atoms with E-state index in [1.54, 1.807) is 23.7 Å². The van der Waals surface area contributed by atoms with Crippen molar-refractivity contribution in [2.75, 3.05) is 6.54 Å². The van der Waals surface area contributed by atoms with E-state index >= 15 is 0 Å². The van der Waals surface area contributed by atoms with E-state index in [2.05, 4.69) is 46.5 Å². The number of H-pyrrole nitrogens is 2. The minimum atomic E-state index is -0.0979. The number of hydrogen-bond acceptors (Lipinski definition) is 7. The lowest BCUT2D eigenvalue weighted by molar-refractivity contribution is 0.242. The van der Waals surface area contributed by atoms with Crippen molar-refractivity contribution in [1.82, 2.24) is 35.0 Å². The zero-order valence-electron chi connectivity index (χ0n) is 14.9. The molecule has 0 fully saturated rings. The molecule has 8 nitrogen and oxygen atoms in total. The topological polar surface area (TPSA) is 103 Å². The zero-order valence-corrected chi connectivity index (χ0v) is 15.7. The Morgan fingerprint density at radius 2 is 2.11 bits per heavy atom. The minimum Gasteiger partial charge on any atom is -0.306 e. The van der Waals surface area contributed by atoms with Crippen molar-refractivity contribution in [3.8, 4) is 22.0 Å². The summed E-state index contributed by atoms with van der Waals surface area (Å²) in [5.74, 6) is 0.521. The van der Waals surface area contributed by atoms with Crippen LogP contribution in [-0.4, -0.2) is 41.6 Å². The van der Waals surface area contributed by atoms with Crippen LogP contribution >= 0.6 is 11.3 Å². The molecule has 4 aromatic heterocycles. The summed E-state index contributed by atoms with van der Waals surface area (Å²) >= 11 is 1.68. The Labute approximate surface area is 164 Å². The largest absolute Gasteiger partial charge is 0.306 e. The van der Waals surface area contributed by atoms with Gasteiger partial charge in [0.2, 0.25) is 0 Å². The van der Waals surface area contributed by atoms with Crippen LogP contribution in [0.4, 0.5) is 0 Å². The van der Waals surface area contributed by atoms with Crippen molar-refractivity contribution in [1.29, 1.82) is 0 Å². The van der Waals surface area contributed by atoms with Gasteiger partial charge in [0, 0.05) is 44.0 Å². The van der Waals surface area contributed by atoms with Gasteiger partial charge >= 0.3 is 0 Å². The van der Waals surface area contributed by atoms with Crippen molar-refractivity contribution >= 4 is 11.3 Å².